The predicted molar refractivity (Wildman–Crippen MR) is 96.4 cm³/mol. The molecule has 0 spiro atoms. The molecule has 1 fully saturated rings. The van der Waals surface area contributed by atoms with E-state index in [1.807, 2.05) is 21.8 Å². The second kappa shape index (κ2) is 7.07. The van der Waals surface area contributed by atoms with E-state index in [9.17, 15) is 4.79 Å². The Morgan fingerprint density at radius 3 is 2.62 bits per heavy atom. The van der Waals surface area contributed by atoms with Gasteiger partial charge >= 0.3 is 0 Å². The van der Waals surface area contributed by atoms with Gasteiger partial charge in [-0.05, 0) is 32.4 Å². The summed E-state index contributed by atoms with van der Waals surface area (Å²) in [6.45, 7) is 8.77. The summed E-state index contributed by atoms with van der Waals surface area (Å²) in [6.07, 6.45) is 4.51. The Kier molecular flexibility index (Phi) is 4.88. The monoisotopic (exact) mass is 326 g/mol. The van der Waals surface area contributed by atoms with Gasteiger partial charge in [-0.2, -0.15) is 5.10 Å². The van der Waals surface area contributed by atoms with Crippen LogP contribution in [0.25, 0.3) is 0 Å². The molecule has 1 unspecified atom stereocenters. The van der Waals surface area contributed by atoms with Crippen LogP contribution in [0, 0.1) is 0 Å². The number of anilines is 1. The fourth-order valence-electron chi connectivity index (χ4n) is 3.24. The third-order valence-corrected chi connectivity index (χ3v) is 4.71. The van der Waals surface area contributed by atoms with Gasteiger partial charge in [-0.15, -0.1) is 0 Å². The molecular weight excluding hydrogens is 300 g/mol. The maximum absolute atomic E-state index is 12.9. The van der Waals surface area contributed by atoms with E-state index in [1.165, 1.54) is 5.69 Å². The summed E-state index contributed by atoms with van der Waals surface area (Å²) in [4.78, 5) is 17.3. The fraction of sp³-hybridized carbons (Fsp3) is 0.474. The average molecular weight is 326 g/mol. The molecule has 0 bridgehead atoms. The number of para-hydroxylation sites is 1. The zero-order chi connectivity index (χ0) is 17.1. The Morgan fingerprint density at radius 1 is 1.25 bits per heavy atom. The van der Waals surface area contributed by atoms with Crippen LogP contribution in [-0.4, -0.2) is 46.3 Å². The Morgan fingerprint density at radius 2 is 2.00 bits per heavy atom. The molecule has 24 heavy (non-hydrogen) atoms. The van der Waals surface area contributed by atoms with Gasteiger partial charge in [0.15, 0.2) is 0 Å². The van der Waals surface area contributed by atoms with Crippen LogP contribution in [0.3, 0.4) is 0 Å². The third kappa shape index (κ3) is 3.30. The first-order chi connectivity index (χ1) is 11.6. The van der Waals surface area contributed by atoms with Crippen molar-refractivity contribution in [2.24, 2.45) is 0 Å². The van der Waals surface area contributed by atoms with Crippen molar-refractivity contribution in [2.45, 2.75) is 39.3 Å². The lowest BCUT2D eigenvalue weighted by molar-refractivity contribution is 0.0651. The largest absolute Gasteiger partial charge is 0.368 e. The minimum Gasteiger partial charge on any atom is -0.368 e. The van der Waals surface area contributed by atoms with Gasteiger partial charge in [-0.1, -0.05) is 25.1 Å². The maximum atomic E-state index is 12.9. The van der Waals surface area contributed by atoms with E-state index in [2.05, 4.69) is 55.0 Å². The van der Waals surface area contributed by atoms with Crippen molar-refractivity contribution >= 4 is 11.6 Å². The molecule has 1 atom stereocenters. The second-order valence-electron chi connectivity index (χ2n) is 6.64. The zero-order valence-corrected chi connectivity index (χ0v) is 14.7. The van der Waals surface area contributed by atoms with Crippen molar-refractivity contribution in [3.8, 4) is 0 Å². The normalized spacial score (nSPS) is 18.2. The van der Waals surface area contributed by atoms with E-state index in [0.717, 1.165) is 26.1 Å². The smallest absolute Gasteiger partial charge is 0.257 e. The van der Waals surface area contributed by atoms with Crippen LogP contribution in [0.1, 0.15) is 43.6 Å². The molecular formula is C19H26N4O. The van der Waals surface area contributed by atoms with E-state index in [4.69, 9.17) is 0 Å². The molecule has 128 valence electrons. The highest BCUT2D eigenvalue weighted by atomic mass is 16.2. The molecule has 2 heterocycles. The van der Waals surface area contributed by atoms with Crippen LogP contribution >= 0.6 is 0 Å². The quantitative estimate of drug-likeness (QED) is 0.866. The highest BCUT2D eigenvalue weighted by molar-refractivity contribution is 5.94. The molecule has 1 aliphatic heterocycles. The number of hydrogen-bond donors (Lipinski definition) is 0. The van der Waals surface area contributed by atoms with Crippen molar-refractivity contribution in [2.75, 3.05) is 24.5 Å². The van der Waals surface area contributed by atoms with Gasteiger partial charge in [0, 0.05) is 43.6 Å². The van der Waals surface area contributed by atoms with Crippen molar-refractivity contribution < 1.29 is 4.79 Å². The van der Waals surface area contributed by atoms with Gasteiger partial charge in [-0.25, -0.2) is 0 Å². The van der Waals surface area contributed by atoms with Gasteiger partial charge in [0.1, 0.15) is 0 Å². The van der Waals surface area contributed by atoms with Crippen molar-refractivity contribution in [1.82, 2.24) is 14.7 Å². The zero-order valence-electron chi connectivity index (χ0n) is 14.7. The van der Waals surface area contributed by atoms with Crippen LogP contribution in [0.15, 0.2) is 42.7 Å². The molecule has 5 nitrogen and oxygen atoms in total. The van der Waals surface area contributed by atoms with E-state index in [0.29, 0.717) is 5.56 Å². The summed E-state index contributed by atoms with van der Waals surface area (Å²) in [5.74, 6) is 0.0986. The summed E-state index contributed by atoms with van der Waals surface area (Å²) in [6, 6.07) is 10.9. The minimum atomic E-state index is 0.0986. The SMILES string of the molecule is CCC1CN(c2ccccc2)CCN1C(=O)c1cnn(C(C)C)c1. The second-order valence-corrected chi connectivity index (χ2v) is 6.64. The van der Waals surface area contributed by atoms with E-state index >= 15 is 0 Å². The Labute approximate surface area is 143 Å². The Balaban J connectivity index is 1.73. The number of aromatic nitrogens is 2. The number of amides is 1. The first-order valence-corrected chi connectivity index (χ1v) is 8.75. The topological polar surface area (TPSA) is 41.4 Å². The first kappa shape index (κ1) is 16.6. The summed E-state index contributed by atoms with van der Waals surface area (Å²) in [5, 5.41) is 4.30. The van der Waals surface area contributed by atoms with Crippen molar-refractivity contribution in [3.63, 3.8) is 0 Å². The molecule has 0 saturated carbocycles. The lowest BCUT2D eigenvalue weighted by Crippen LogP contribution is -2.55. The number of nitrogens with zero attached hydrogens (tertiary/aromatic N) is 4. The number of hydrogen-bond acceptors (Lipinski definition) is 3. The number of carbonyl (C=O) groups excluding carboxylic acids is 1. The summed E-state index contributed by atoms with van der Waals surface area (Å²) >= 11 is 0. The highest BCUT2D eigenvalue weighted by Crippen LogP contribution is 2.22. The van der Waals surface area contributed by atoms with Gasteiger partial charge in [0.25, 0.3) is 5.91 Å². The maximum Gasteiger partial charge on any atom is 0.257 e. The van der Waals surface area contributed by atoms with E-state index in [1.54, 1.807) is 6.20 Å². The molecule has 1 aromatic heterocycles. The van der Waals surface area contributed by atoms with Crippen LogP contribution < -0.4 is 4.90 Å². The molecule has 1 aromatic carbocycles. The number of carbonyl (C=O) groups is 1. The number of piperazine rings is 1. The van der Waals surface area contributed by atoms with E-state index < -0.39 is 0 Å². The molecule has 2 aromatic rings. The lowest BCUT2D eigenvalue weighted by atomic mass is 10.1. The molecule has 0 aliphatic carbocycles. The van der Waals surface area contributed by atoms with Crippen LogP contribution in [0.5, 0.6) is 0 Å². The first-order valence-electron chi connectivity index (χ1n) is 8.75. The third-order valence-electron chi connectivity index (χ3n) is 4.71. The summed E-state index contributed by atoms with van der Waals surface area (Å²) in [7, 11) is 0. The molecule has 0 radical (unpaired) electrons. The summed E-state index contributed by atoms with van der Waals surface area (Å²) in [5.41, 5.74) is 1.92. The number of benzene rings is 1. The van der Waals surface area contributed by atoms with Gasteiger partial charge in [0.05, 0.1) is 11.8 Å². The molecule has 5 heteroatoms. The van der Waals surface area contributed by atoms with Gasteiger partial charge < -0.3 is 9.80 Å². The molecule has 1 amide bonds. The lowest BCUT2D eigenvalue weighted by Gasteiger charge is -2.42. The van der Waals surface area contributed by atoms with Gasteiger partial charge in [-0.3, -0.25) is 9.48 Å². The molecule has 1 saturated heterocycles. The molecule has 1 aliphatic rings. The molecule has 0 N–H and O–H groups in total. The Hall–Kier alpha value is -2.30. The standard InChI is InChI=1S/C19H26N4O/c1-4-17-14-21(18-8-6-5-7-9-18)10-11-22(17)19(24)16-12-20-23(13-16)15(2)3/h5-9,12-13,15,17H,4,10-11,14H2,1-3H3. The fourth-order valence-corrected chi connectivity index (χ4v) is 3.24. The van der Waals surface area contributed by atoms with Crippen LogP contribution in [-0.2, 0) is 0 Å². The van der Waals surface area contributed by atoms with Crippen LogP contribution in [0.2, 0.25) is 0 Å². The van der Waals surface area contributed by atoms with Gasteiger partial charge in [0.2, 0.25) is 0 Å². The van der Waals surface area contributed by atoms with Crippen molar-refractivity contribution in [3.05, 3.63) is 48.3 Å². The predicted octanol–water partition coefficient (Wildman–Crippen LogP) is 3.21. The highest BCUT2D eigenvalue weighted by Gasteiger charge is 2.30. The average Bonchev–Trinajstić information content (AvgIpc) is 3.12. The van der Waals surface area contributed by atoms with Crippen molar-refractivity contribution in [1.29, 1.82) is 0 Å². The Bertz CT molecular complexity index is 680. The number of rotatable bonds is 4. The summed E-state index contributed by atoms with van der Waals surface area (Å²) < 4.78 is 1.84. The van der Waals surface area contributed by atoms with Crippen LogP contribution in [0.4, 0.5) is 5.69 Å². The minimum absolute atomic E-state index is 0.0986. The van der Waals surface area contributed by atoms with E-state index in [-0.39, 0.29) is 18.0 Å². The molecule has 3 rings (SSSR count).